The molecular weight excluding hydrogens is 212 g/mol. The summed E-state index contributed by atoms with van der Waals surface area (Å²) in [5, 5.41) is 2.82. The summed E-state index contributed by atoms with van der Waals surface area (Å²) in [6.45, 7) is 2.43. The quantitative estimate of drug-likeness (QED) is 0.708. The summed E-state index contributed by atoms with van der Waals surface area (Å²) in [5.74, 6) is -0.0620. The lowest BCUT2D eigenvalue weighted by atomic mass is 10.1. The highest BCUT2D eigenvalue weighted by Gasteiger charge is 2.04. The minimum atomic E-state index is -0.403. The first kappa shape index (κ1) is 13.7. The summed E-state index contributed by atoms with van der Waals surface area (Å²) in [6.07, 6.45) is 4.43. The topological polar surface area (TPSA) is 55.1 Å². The molecule has 0 radical (unpaired) electrons. The maximum Gasteiger partial charge on any atom is 0.236 e. The maximum atomic E-state index is 11.2. The van der Waals surface area contributed by atoms with Crippen LogP contribution in [-0.4, -0.2) is 18.5 Å². The van der Waals surface area contributed by atoms with Crippen molar-refractivity contribution in [1.29, 1.82) is 0 Å². The number of carbonyl (C=O) groups excluding carboxylic acids is 1. The Bertz CT molecular complexity index is 322. The second-order valence-corrected chi connectivity index (χ2v) is 4.38. The predicted molar refractivity (Wildman–Crippen MR) is 70.7 cm³/mol. The fourth-order valence-corrected chi connectivity index (χ4v) is 1.65. The molecular formula is C14H22N2O. The van der Waals surface area contributed by atoms with Crippen LogP contribution in [0.5, 0.6) is 0 Å². The van der Waals surface area contributed by atoms with Crippen LogP contribution in [-0.2, 0) is 11.2 Å². The molecule has 0 saturated heterocycles. The normalized spacial score (nSPS) is 12.1. The van der Waals surface area contributed by atoms with Crippen molar-refractivity contribution in [3.8, 4) is 0 Å². The van der Waals surface area contributed by atoms with Crippen molar-refractivity contribution in [2.75, 3.05) is 6.54 Å². The van der Waals surface area contributed by atoms with Gasteiger partial charge in [0.05, 0.1) is 6.04 Å². The fourth-order valence-electron chi connectivity index (χ4n) is 1.65. The van der Waals surface area contributed by atoms with Crippen molar-refractivity contribution in [2.24, 2.45) is 5.73 Å². The van der Waals surface area contributed by atoms with Crippen LogP contribution in [0, 0.1) is 0 Å². The number of amides is 1. The van der Waals surface area contributed by atoms with Gasteiger partial charge in [-0.1, -0.05) is 36.8 Å². The molecule has 94 valence electrons. The molecule has 1 rings (SSSR count). The van der Waals surface area contributed by atoms with Crippen LogP contribution in [0.2, 0.25) is 0 Å². The lowest BCUT2D eigenvalue weighted by Crippen LogP contribution is -2.38. The first-order valence-electron chi connectivity index (χ1n) is 6.27. The van der Waals surface area contributed by atoms with Crippen molar-refractivity contribution in [3.63, 3.8) is 0 Å². The SMILES string of the molecule is C[C@H](N)C(=O)NCCCCCc1ccccc1. The van der Waals surface area contributed by atoms with Crippen LogP contribution in [0.4, 0.5) is 0 Å². The number of nitrogens with one attached hydrogen (secondary N) is 1. The molecule has 0 bridgehead atoms. The van der Waals surface area contributed by atoms with E-state index < -0.39 is 6.04 Å². The Morgan fingerprint density at radius 1 is 1.24 bits per heavy atom. The summed E-state index contributed by atoms with van der Waals surface area (Å²) in [7, 11) is 0. The molecule has 0 heterocycles. The van der Waals surface area contributed by atoms with E-state index in [0.29, 0.717) is 0 Å². The van der Waals surface area contributed by atoms with E-state index in [0.717, 1.165) is 32.2 Å². The van der Waals surface area contributed by atoms with Crippen LogP contribution in [0.25, 0.3) is 0 Å². The summed E-state index contributed by atoms with van der Waals surface area (Å²) in [6, 6.07) is 10.1. The minimum absolute atomic E-state index is 0.0620. The molecule has 17 heavy (non-hydrogen) atoms. The Labute approximate surface area is 103 Å². The van der Waals surface area contributed by atoms with E-state index >= 15 is 0 Å². The molecule has 3 N–H and O–H groups in total. The number of carbonyl (C=O) groups is 1. The second-order valence-electron chi connectivity index (χ2n) is 4.38. The highest BCUT2D eigenvalue weighted by atomic mass is 16.2. The molecule has 0 unspecified atom stereocenters. The average molecular weight is 234 g/mol. The van der Waals surface area contributed by atoms with Gasteiger partial charge in [-0.05, 0) is 31.7 Å². The van der Waals surface area contributed by atoms with Gasteiger partial charge in [-0.3, -0.25) is 4.79 Å². The third kappa shape index (κ3) is 6.07. The van der Waals surface area contributed by atoms with Gasteiger partial charge in [-0.15, -0.1) is 0 Å². The van der Waals surface area contributed by atoms with Gasteiger partial charge in [-0.25, -0.2) is 0 Å². The number of aryl methyl sites for hydroxylation is 1. The molecule has 1 aromatic rings. The van der Waals surface area contributed by atoms with Crippen LogP contribution in [0.15, 0.2) is 30.3 Å². The Balaban J connectivity index is 2.00. The molecule has 3 nitrogen and oxygen atoms in total. The number of benzene rings is 1. The summed E-state index contributed by atoms with van der Waals surface area (Å²) in [5.41, 5.74) is 6.82. The molecule has 0 saturated carbocycles. The predicted octanol–water partition coefficient (Wildman–Crippen LogP) is 1.86. The van der Waals surface area contributed by atoms with E-state index in [-0.39, 0.29) is 5.91 Å². The van der Waals surface area contributed by atoms with Gasteiger partial charge in [0.15, 0.2) is 0 Å². The van der Waals surface area contributed by atoms with Crippen molar-refractivity contribution < 1.29 is 4.79 Å². The first-order valence-corrected chi connectivity index (χ1v) is 6.27. The van der Waals surface area contributed by atoms with E-state index in [4.69, 9.17) is 5.73 Å². The van der Waals surface area contributed by atoms with E-state index in [1.54, 1.807) is 6.92 Å². The highest BCUT2D eigenvalue weighted by molar-refractivity contribution is 5.80. The molecule has 0 aliphatic rings. The Kier molecular flexibility index (Phi) is 6.33. The van der Waals surface area contributed by atoms with Gasteiger partial charge in [0.2, 0.25) is 5.91 Å². The van der Waals surface area contributed by atoms with E-state index in [9.17, 15) is 4.79 Å². The lowest BCUT2D eigenvalue weighted by Gasteiger charge is -2.07. The number of hydrogen-bond acceptors (Lipinski definition) is 2. The van der Waals surface area contributed by atoms with Crippen LogP contribution < -0.4 is 11.1 Å². The zero-order valence-corrected chi connectivity index (χ0v) is 10.5. The van der Waals surface area contributed by atoms with Gasteiger partial charge < -0.3 is 11.1 Å². The summed E-state index contributed by atoms with van der Waals surface area (Å²) >= 11 is 0. The van der Waals surface area contributed by atoms with Gasteiger partial charge in [0.25, 0.3) is 0 Å². The number of unbranched alkanes of at least 4 members (excludes halogenated alkanes) is 2. The van der Waals surface area contributed by atoms with E-state index in [1.165, 1.54) is 5.56 Å². The molecule has 0 aromatic heterocycles. The maximum absolute atomic E-state index is 11.2. The summed E-state index contributed by atoms with van der Waals surface area (Å²) < 4.78 is 0. The van der Waals surface area contributed by atoms with Crippen molar-refractivity contribution >= 4 is 5.91 Å². The Morgan fingerprint density at radius 3 is 2.59 bits per heavy atom. The molecule has 0 fully saturated rings. The molecule has 1 atom stereocenters. The molecule has 0 aliphatic heterocycles. The third-order valence-corrected chi connectivity index (χ3v) is 2.70. The molecule has 0 aliphatic carbocycles. The van der Waals surface area contributed by atoms with Crippen LogP contribution in [0.3, 0.4) is 0 Å². The molecule has 0 spiro atoms. The Hall–Kier alpha value is -1.35. The van der Waals surface area contributed by atoms with Crippen LogP contribution >= 0.6 is 0 Å². The summed E-state index contributed by atoms with van der Waals surface area (Å²) in [4.78, 5) is 11.2. The van der Waals surface area contributed by atoms with Gasteiger partial charge >= 0.3 is 0 Å². The zero-order chi connectivity index (χ0) is 12.5. The smallest absolute Gasteiger partial charge is 0.236 e. The van der Waals surface area contributed by atoms with Crippen molar-refractivity contribution in [2.45, 2.75) is 38.6 Å². The lowest BCUT2D eigenvalue weighted by molar-refractivity contribution is -0.121. The van der Waals surface area contributed by atoms with E-state index in [1.807, 2.05) is 6.07 Å². The second kappa shape index (κ2) is 7.85. The third-order valence-electron chi connectivity index (χ3n) is 2.70. The standard InChI is InChI=1S/C14H22N2O/c1-12(15)14(17)16-11-7-3-6-10-13-8-4-2-5-9-13/h2,4-5,8-9,12H,3,6-7,10-11,15H2,1H3,(H,16,17)/t12-/m0/s1. The number of rotatable bonds is 7. The van der Waals surface area contributed by atoms with Crippen molar-refractivity contribution in [3.05, 3.63) is 35.9 Å². The first-order chi connectivity index (χ1) is 8.20. The highest BCUT2D eigenvalue weighted by Crippen LogP contribution is 2.05. The minimum Gasteiger partial charge on any atom is -0.355 e. The molecule has 1 amide bonds. The Morgan fingerprint density at radius 2 is 1.94 bits per heavy atom. The number of hydrogen-bond donors (Lipinski definition) is 2. The fraction of sp³-hybridized carbons (Fsp3) is 0.500. The van der Waals surface area contributed by atoms with Crippen molar-refractivity contribution in [1.82, 2.24) is 5.32 Å². The number of nitrogens with two attached hydrogens (primary N) is 1. The largest absolute Gasteiger partial charge is 0.355 e. The molecule has 1 aromatic carbocycles. The zero-order valence-electron chi connectivity index (χ0n) is 10.5. The van der Waals surface area contributed by atoms with Gasteiger partial charge in [0.1, 0.15) is 0 Å². The van der Waals surface area contributed by atoms with E-state index in [2.05, 4.69) is 29.6 Å². The average Bonchev–Trinajstić information content (AvgIpc) is 2.34. The monoisotopic (exact) mass is 234 g/mol. The van der Waals surface area contributed by atoms with Gasteiger partial charge in [0, 0.05) is 6.54 Å². The molecule has 3 heteroatoms. The van der Waals surface area contributed by atoms with Gasteiger partial charge in [-0.2, -0.15) is 0 Å². The van der Waals surface area contributed by atoms with Crippen LogP contribution in [0.1, 0.15) is 31.7 Å².